The normalized spacial score (nSPS) is 26.8. The van der Waals surface area contributed by atoms with E-state index >= 15 is 0 Å². The minimum Gasteiger partial charge on any atom is -0.466 e. The fourth-order valence-electron chi connectivity index (χ4n) is 1.57. The van der Waals surface area contributed by atoms with Gasteiger partial charge in [-0.05, 0) is 25.7 Å². The zero-order chi connectivity index (χ0) is 8.97. The lowest BCUT2D eigenvalue weighted by atomic mass is 10.1. The minimum atomic E-state index is 0.0265. The third-order valence-electron chi connectivity index (χ3n) is 2.44. The molecule has 70 valence electrons. The molecule has 1 saturated carbocycles. The molecule has 1 aliphatic carbocycles. The van der Waals surface area contributed by atoms with Crippen molar-refractivity contribution < 1.29 is 9.53 Å². The molecule has 0 radical (unpaired) electrons. The Kier molecular flexibility index (Phi) is 3.57. The summed E-state index contributed by atoms with van der Waals surface area (Å²) in [7, 11) is 0. The van der Waals surface area contributed by atoms with Crippen molar-refractivity contribution in [1.29, 1.82) is 0 Å². The summed E-state index contributed by atoms with van der Waals surface area (Å²) >= 11 is 0. The topological polar surface area (TPSA) is 26.3 Å². The largest absolute Gasteiger partial charge is 0.466 e. The first-order chi connectivity index (χ1) is 5.79. The Morgan fingerprint density at radius 3 is 2.83 bits per heavy atom. The fourth-order valence-corrected chi connectivity index (χ4v) is 1.57. The SMILES string of the molecule is CCCC[C@H]1C[C@@H]1C(=O)OCC. The van der Waals surface area contributed by atoms with E-state index in [2.05, 4.69) is 6.92 Å². The molecule has 0 N–H and O–H groups in total. The van der Waals surface area contributed by atoms with Crippen molar-refractivity contribution in [2.75, 3.05) is 6.61 Å². The highest BCUT2D eigenvalue weighted by Crippen LogP contribution is 2.43. The summed E-state index contributed by atoms with van der Waals surface area (Å²) in [5, 5.41) is 0. The summed E-state index contributed by atoms with van der Waals surface area (Å²) in [4.78, 5) is 11.2. The smallest absolute Gasteiger partial charge is 0.309 e. The lowest BCUT2D eigenvalue weighted by molar-refractivity contribution is -0.145. The first-order valence-electron chi connectivity index (χ1n) is 4.96. The average molecular weight is 170 g/mol. The average Bonchev–Trinajstić information content (AvgIpc) is 2.80. The summed E-state index contributed by atoms with van der Waals surface area (Å²) in [6, 6.07) is 0. The van der Waals surface area contributed by atoms with Crippen LogP contribution in [0.5, 0.6) is 0 Å². The van der Waals surface area contributed by atoms with Gasteiger partial charge in [0.15, 0.2) is 0 Å². The maximum Gasteiger partial charge on any atom is 0.309 e. The van der Waals surface area contributed by atoms with E-state index in [1.54, 1.807) is 0 Å². The number of carbonyl (C=O) groups excluding carboxylic acids is 1. The number of unbranched alkanes of at least 4 members (excludes halogenated alkanes) is 1. The van der Waals surface area contributed by atoms with Crippen molar-refractivity contribution in [3.05, 3.63) is 0 Å². The Morgan fingerprint density at radius 2 is 2.25 bits per heavy atom. The molecule has 0 unspecified atom stereocenters. The van der Waals surface area contributed by atoms with Crippen LogP contribution in [-0.2, 0) is 9.53 Å². The number of carbonyl (C=O) groups is 1. The van der Waals surface area contributed by atoms with Gasteiger partial charge in [-0.2, -0.15) is 0 Å². The van der Waals surface area contributed by atoms with E-state index in [0.717, 1.165) is 6.42 Å². The van der Waals surface area contributed by atoms with E-state index in [-0.39, 0.29) is 11.9 Å². The molecular formula is C10H18O2. The van der Waals surface area contributed by atoms with Crippen LogP contribution in [0.1, 0.15) is 39.5 Å². The lowest BCUT2D eigenvalue weighted by Crippen LogP contribution is -2.07. The number of rotatable bonds is 5. The van der Waals surface area contributed by atoms with Gasteiger partial charge in [-0.15, -0.1) is 0 Å². The maximum absolute atomic E-state index is 11.2. The number of ether oxygens (including phenoxy) is 1. The Morgan fingerprint density at radius 1 is 1.50 bits per heavy atom. The molecule has 1 fully saturated rings. The van der Waals surface area contributed by atoms with Crippen LogP contribution in [0.15, 0.2) is 0 Å². The van der Waals surface area contributed by atoms with Gasteiger partial charge in [0.2, 0.25) is 0 Å². The van der Waals surface area contributed by atoms with Gasteiger partial charge in [0.25, 0.3) is 0 Å². The van der Waals surface area contributed by atoms with E-state index in [9.17, 15) is 4.79 Å². The van der Waals surface area contributed by atoms with Crippen LogP contribution in [0.25, 0.3) is 0 Å². The second kappa shape index (κ2) is 4.48. The summed E-state index contributed by atoms with van der Waals surface area (Å²) in [6.45, 7) is 4.57. The second-order valence-corrected chi connectivity index (χ2v) is 3.50. The summed E-state index contributed by atoms with van der Waals surface area (Å²) in [5.41, 5.74) is 0. The van der Waals surface area contributed by atoms with Crippen molar-refractivity contribution in [2.45, 2.75) is 39.5 Å². The highest BCUT2D eigenvalue weighted by molar-refractivity contribution is 5.75. The highest BCUT2D eigenvalue weighted by atomic mass is 16.5. The molecule has 12 heavy (non-hydrogen) atoms. The molecule has 2 nitrogen and oxygen atoms in total. The Labute approximate surface area is 74.3 Å². The van der Waals surface area contributed by atoms with Crippen LogP contribution in [0.2, 0.25) is 0 Å². The maximum atomic E-state index is 11.2. The molecule has 0 saturated heterocycles. The minimum absolute atomic E-state index is 0.0265. The van der Waals surface area contributed by atoms with Crippen LogP contribution in [0.4, 0.5) is 0 Å². The van der Waals surface area contributed by atoms with Gasteiger partial charge >= 0.3 is 5.97 Å². The second-order valence-electron chi connectivity index (χ2n) is 3.50. The van der Waals surface area contributed by atoms with Gasteiger partial charge in [0.05, 0.1) is 12.5 Å². The molecule has 0 amide bonds. The van der Waals surface area contributed by atoms with Crippen LogP contribution < -0.4 is 0 Å². The van der Waals surface area contributed by atoms with Gasteiger partial charge in [-0.25, -0.2) is 0 Å². The predicted molar refractivity (Wildman–Crippen MR) is 47.8 cm³/mol. The number of hydrogen-bond acceptors (Lipinski definition) is 2. The molecule has 1 aliphatic rings. The van der Waals surface area contributed by atoms with Gasteiger partial charge in [0, 0.05) is 0 Å². The summed E-state index contributed by atoms with van der Waals surface area (Å²) in [6.07, 6.45) is 4.76. The standard InChI is InChI=1S/C10H18O2/c1-3-5-6-8-7-9(8)10(11)12-4-2/h8-9H,3-7H2,1-2H3/t8-,9-/m0/s1. The van der Waals surface area contributed by atoms with Crippen LogP contribution >= 0.6 is 0 Å². The van der Waals surface area contributed by atoms with Crippen molar-refractivity contribution >= 4 is 5.97 Å². The van der Waals surface area contributed by atoms with E-state index in [1.165, 1.54) is 19.3 Å². The molecule has 1 rings (SSSR count). The van der Waals surface area contributed by atoms with Crippen molar-refractivity contribution in [1.82, 2.24) is 0 Å². The molecule has 0 bridgehead atoms. The molecule has 0 aromatic carbocycles. The molecule has 0 spiro atoms. The highest BCUT2D eigenvalue weighted by Gasteiger charge is 2.43. The Balaban J connectivity index is 2.10. The monoisotopic (exact) mass is 170 g/mol. The quantitative estimate of drug-likeness (QED) is 0.592. The molecular weight excluding hydrogens is 152 g/mol. The molecule has 2 atom stereocenters. The van der Waals surface area contributed by atoms with Crippen molar-refractivity contribution in [3.8, 4) is 0 Å². The molecule has 2 heteroatoms. The number of hydrogen-bond donors (Lipinski definition) is 0. The van der Waals surface area contributed by atoms with E-state index in [1.807, 2.05) is 6.92 Å². The zero-order valence-corrected chi connectivity index (χ0v) is 8.01. The van der Waals surface area contributed by atoms with Gasteiger partial charge < -0.3 is 4.74 Å². The predicted octanol–water partition coefficient (Wildman–Crippen LogP) is 2.38. The Hall–Kier alpha value is -0.530. The van der Waals surface area contributed by atoms with Crippen LogP contribution in [0, 0.1) is 11.8 Å². The van der Waals surface area contributed by atoms with E-state index < -0.39 is 0 Å². The summed E-state index contributed by atoms with van der Waals surface area (Å²) in [5.74, 6) is 0.916. The van der Waals surface area contributed by atoms with Gasteiger partial charge in [-0.1, -0.05) is 19.8 Å². The first kappa shape index (κ1) is 9.56. The lowest BCUT2D eigenvalue weighted by Gasteiger charge is -1.99. The fraction of sp³-hybridized carbons (Fsp3) is 0.900. The van der Waals surface area contributed by atoms with E-state index in [0.29, 0.717) is 12.5 Å². The third-order valence-corrected chi connectivity index (χ3v) is 2.44. The van der Waals surface area contributed by atoms with Crippen molar-refractivity contribution in [3.63, 3.8) is 0 Å². The zero-order valence-electron chi connectivity index (χ0n) is 8.01. The van der Waals surface area contributed by atoms with Crippen molar-refractivity contribution in [2.24, 2.45) is 11.8 Å². The first-order valence-corrected chi connectivity index (χ1v) is 4.96. The van der Waals surface area contributed by atoms with Gasteiger partial charge in [0.1, 0.15) is 0 Å². The number of esters is 1. The molecule has 0 heterocycles. The van der Waals surface area contributed by atoms with Gasteiger partial charge in [-0.3, -0.25) is 4.79 Å². The third kappa shape index (κ3) is 2.50. The molecule has 0 aliphatic heterocycles. The Bertz CT molecular complexity index is 154. The molecule has 0 aromatic heterocycles. The van der Waals surface area contributed by atoms with E-state index in [4.69, 9.17) is 4.74 Å². The van der Waals surface area contributed by atoms with Crippen LogP contribution in [0.3, 0.4) is 0 Å². The molecule has 0 aromatic rings. The summed E-state index contributed by atoms with van der Waals surface area (Å²) < 4.78 is 4.94. The van der Waals surface area contributed by atoms with Crippen LogP contribution in [-0.4, -0.2) is 12.6 Å².